The molecule has 0 aliphatic heterocycles. The first-order valence-electron chi connectivity index (χ1n) is 8.31. The highest BCUT2D eigenvalue weighted by Gasteiger charge is 2.29. The highest BCUT2D eigenvalue weighted by molar-refractivity contribution is 7.12. The second-order valence-corrected chi connectivity index (χ2v) is 7.67. The molecule has 2 N–H and O–H groups in total. The first kappa shape index (κ1) is 17.0. The van der Waals surface area contributed by atoms with Crippen molar-refractivity contribution in [3.63, 3.8) is 0 Å². The summed E-state index contributed by atoms with van der Waals surface area (Å²) >= 11 is 7.38. The predicted octanol–water partition coefficient (Wildman–Crippen LogP) is 4.35. The molecule has 5 nitrogen and oxygen atoms in total. The Morgan fingerprint density at radius 3 is 3.08 bits per heavy atom. The number of thiophene rings is 1. The van der Waals surface area contributed by atoms with E-state index in [4.69, 9.17) is 11.6 Å². The van der Waals surface area contributed by atoms with Crippen molar-refractivity contribution in [3.05, 3.63) is 56.9 Å². The Hall–Kier alpha value is -2.44. The van der Waals surface area contributed by atoms with Gasteiger partial charge in [-0.3, -0.25) is 14.7 Å². The number of aromatic nitrogens is 2. The molecule has 1 aliphatic rings. The summed E-state index contributed by atoms with van der Waals surface area (Å²) in [5.74, 6) is -0.165. The topological polar surface area (TPSA) is 74.8 Å². The Kier molecular flexibility index (Phi) is 4.61. The molecule has 3 aromatic rings. The van der Waals surface area contributed by atoms with Crippen molar-refractivity contribution in [1.82, 2.24) is 10.2 Å². The summed E-state index contributed by atoms with van der Waals surface area (Å²) in [6.07, 6.45) is 2.97. The minimum atomic E-state index is -0.142. The van der Waals surface area contributed by atoms with E-state index in [1.807, 2.05) is 23.6 Å². The lowest BCUT2D eigenvalue weighted by Crippen LogP contribution is -2.28. The van der Waals surface area contributed by atoms with Gasteiger partial charge in [-0.2, -0.15) is 5.10 Å². The van der Waals surface area contributed by atoms with Crippen LogP contribution in [0.1, 0.15) is 27.3 Å². The van der Waals surface area contributed by atoms with E-state index in [0.717, 1.165) is 41.6 Å². The lowest BCUT2D eigenvalue weighted by atomic mass is 9.85. The van der Waals surface area contributed by atoms with Gasteiger partial charge in [0.2, 0.25) is 5.91 Å². The number of rotatable bonds is 4. The molecule has 1 aromatic carbocycles. The first-order chi connectivity index (χ1) is 12.7. The summed E-state index contributed by atoms with van der Waals surface area (Å²) in [7, 11) is 0. The Balaban J connectivity index is 1.57. The van der Waals surface area contributed by atoms with Gasteiger partial charge in [-0.05, 0) is 48.9 Å². The number of H-pyrrole nitrogens is 1. The monoisotopic (exact) mass is 385 g/mol. The molecule has 4 rings (SSSR count). The number of aromatic amines is 1. The number of nitrogens with zero attached hydrogens (tertiary/aromatic N) is 1. The van der Waals surface area contributed by atoms with Crippen LogP contribution in [0, 0.1) is 5.92 Å². The largest absolute Gasteiger partial charge is 0.326 e. The number of halogens is 1. The van der Waals surface area contributed by atoms with Crippen molar-refractivity contribution in [2.75, 3.05) is 5.32 Å². The van der Waals surface area contributed by atoms with Gasteiger partial charge in [-0.25, -0.2) is 0 Å². The van der Waals surface area contributed by atoms with Crippen LogP contribution >= 0.6 is 22.9 Å². The normalized spacial score (nSPS) is 16.1. The number of anilines is 1. The number of carbonyl (C=O) groups excluding carboxylic acids is 2. The quantitative estimate of drug-likeness (QED) is 0.655. The number of benzene rings is 1. The summed E-state index contributed by atoms with van der Waals surface area (Å²) in [5, 5.41) is 12.9. The van der Waals surface area contributed by atoms with Crippen LogP contribution in [0.3, 0.4) is 0 Å². The van der Waals surface area contributed by atoms with Crippen molar-refractivity contribution in [2.45, 2.75) is 19.3 Å². The summed E-state index contributed by atoms with van der Waals surface area (Å²) in [6, 6.07) is 9.04. The van der Waals surface area contributed by atoms with Crippen molar-refractivity contribution in [1.29, 1.82) is 0 Å². The number of hydrogen-bond donors (Lipinski definition) is 2. The number of carbonyl (C=O) groups is 2. The highest BCUT2D eigenvalue weighted by atomic mass is 35.5. The minimum Gasteiger partial charge on any atom is -0.326 e. The van der Waals surface area contributed by atoms with Crippen LogP contribution in [0.15, 0.2) is 35.7 Å². The Bertz CT molecular complexity index is 979. The SMILES string of the molecule is O=Cc1sccc1-c1n[nH]c2c1CC(C(=O)Nc1cccc(Cl)c1)CC2. The van der Waals surface area contributed by atoms with Gasteiger partial charge >= 0.3 is 0 Å². The fourth-order valence-electron chi connectivity index (χ4n) is 3.36. The number of hydrogen-bond acceptors (Lipinski definition) is 4. The average Bonchev–Trinajstić information content (AvgIpc) is 3.27. The molecule has 2 heterocycles. The molecule has 132 valence electrons. The van der Waals surface area contributed by atoms with Gasteiger partial charge < -0.3 is 5.32 Å². The van der Waals surface area contributed by atoms with Crippen LogP contribution in [0.5, 0.6) is 0 Å². The number of aryl methyl sites for hydroxylation is 1. The number of nitrogens with one attached hydrogen (secondary N) is 2. The molecule has 0 bridgehead atoms. The molecule has 0 fully saturated rings. The van der Waals surface area contributed by atoms with E-state index in [1.165, 1.54) is 11.3 Å². The zero-order chi connectivity index (χ0) is 18.1. The van der Waals surface area contributed by atoms with E-state index in [-0.39, 0.29) is 11.8 Å². The molecule has 0 saturated carbocycles. The molecular weight excluding hydrogens is 370 g/mol. The van der Waals surface area contributed by atoms with Crippen LogP contribution in [-0.4, -0.2) is 22.4 Å². The number of aldehydes is 1. The Morgan fingerprint density at radius 2 is 2.27 bits per heavy atom. The predicted molar refractivity (Wildman–Crippen MR) is 103 cm³/mol. The second kappa shape index (κ2) is 7.05. The molecule has 1 atom stereocenters. The molecule has 1 aliphatic carbocycles. The molecule has 7 heteroatoms. The smallest absolute Gasteiger partial charge is 0.227 e. The van der Waals surface area contributed by atoms with Gasteiger partial charge in [0.05, 0.1) is 10.6 Å². The average molecular weight is 386 g/mol. The van der Waals surface area contributed by atoms with Gasteiger partial charge in [0.25, 0.3) is 0 Å². The Morgan fingerprint density at radius 1 is 1.38 bits per heavy atom. The van der Waals surface area contributed by atoms with Crippen LogP contribution < -0.4 is 5.32 Å². The molecule has 0 saturated heterocycles. The third kappa shape index (κ3) is 3.18. The maximum atomic E-state index is 12.7. The van der Waals surface area contributed by atoms with Crippen LogP contribution in [-0.2, 0) is 17.6 Å². The van der Waals surface area contributed by atoms with E-state index in [2.05, 4.69) is 15.5 Å². The highest BCUT2D eigenvalue weighted by Crippen LogP contribution is 2.35. The number of amides is 1. The lowest BCUT2D eigenvalue weighted by Gasteiger charge is -2.22. The van der Waals surface area contributed by atoms with Crippen molar-refractivity contribution < 1.29 is 9.59 Å². The molecule has 2 aromatic heterocycles. The first-order valence-corrected chi connectivity index (χ1v) is 9.57. The van der Waals surface area contributed by atoms with Crippen molar-refractivity contribution in [3.8, 4) is 11.3 Å². The number of fused-ring (bicyclic) bond motifs is 1. The summed E-state index contributed by atoms with van der Waals surface area (Å²) in [4.78, 5) is 24.6. The van der Waals surface area contributed by atoms with Gasteiger partial charge in [-0.15, -0.1) is 11.3 Å². The van der Waals surface area contributed by atoms with Gasteiger partial charge in [-0.1, -0.05) is 17.7 Å². The van der Waals surface area contributed by atoms with Crippen molar-refractivity contribution in [2.24, 2.45) is 5.92 Å². The van der Waals surface area contributed by atoms with Crippen LogP contribution in [0.25, 0.3) is 11.3 Å². The van der Waals surface area contributed by atoms with Gasteiger partial charge in [0.15, 0.2) is 6.29 Å². The van der Waals surface area contributed by atoms with Gasteiger partial charge in [0, 0.05) is 33.4 Å². The summed E-state index contributed by atoms with van der Waals surface area (Å²) in [5.41, 5.74) is 4.39. The fraction of sp³-hybridized carbons (Fsp3) is 0.211. The second-order valence-electron chi connectivity index (χ2n) is 6.29. The van der Waals surface area contributed by atoms with E-state index in [1.54, 1.807) is 12.1 Å². The molecule has 0 spiro atoms. The van der Waals surface area contributed by atoms with E-state index in [9.17, 15) is 9.59 Å². The zero-order valence-electron chi connectivity index (χ0n) is 13.8. The lowest BCUT2D eigenvalue weighted by molar-refractivity contribution is -0.120. The minimum absolute atomic E-state index is 0.0222. The standard InChI is InChI=1S/C19H16ClN3O2S/c20-12-2-1-3-13(9-12)21-19(25)11-4-5-16-15(8-11)18(23-22-16)14-6-7-26-17(14)10-24/h1-3,6-7,9-11H,4-5,8H2,(H,21,25)(H,22,23). The third-order valence-electron chi connectivity index (χ3n) is 4.67. The third-order valence-corrected chi connectivity index (χ3v) is 5.74. The van der Waals surface area contributed by atoms with E-state index < -0.39 is 0 Å². The van der Waals surface area contributed by atoms with Crippen LogP contribution in [0.2, 0.25) is 5.02 Å². The molecule has 1 amide bonds. The fourth-order valence-corrected chi connectivity index (χ4v) is 4.25. The zero-order valence-corrected chi connectivity index (χ0v) is 15.4. The molecule has 26 heavy (non-hydrogen) atoms. The molecule has 0 radical (unpaired) electrons. The van der Waals surface area contributed by atoms with Gasteiger partial charge in [0.1, 0.15) is 0 Å². The summed E-state index contributed by atoms with van der Waals surface area (Å²) < 4.78 is 0. The van der Waals surface area contributed by atoms with E-state index >= 15 is 0 Å². The van der Waals surface area contributed by atoms with Crippen molar-refractivity contribution >= 4 is 40.8 Å². The molecule has 1 unspecified atom stereocenters. The maximum absolute atomic E-state index is 12.7. The Labute approximate surface area is 159 Å². The molecular formula is C19H16ClN3O2S. The summed E-state index contributed by atoms with van der Waals surface area (Å²) in [6.45, 7) is 0. The maximum Gasteiger partial charge on any atom is 0.227 e. The van der Waals surface area contributed by atoms with Crippen LogP contribution in [0.4, 0.5) is 5.69 Å². The van der Waals surface area contributed by atoms with E-state index in [0.29, 0.717) is 22.0 Å².